The molecule has 0 saturated carbocycles. The quantitative estimate of drug-likeness (QED) is 0.346. The number of pyridine rings is 1. The molecule has 2 aromatic carbocycles. The summed E-state index contributed by atoms with van der Waals surface area (Å²) in [5, 5.41) is 3.61. The molecule has 3 amide bonds. The maximum atomic E-state index is 12.7. The number of carbonyl (C=O) groups excluding carboxylic acids is 3. The molecule has 1 aliphatic heterocycles. The molecular formula is C27H23N5O4. The first-order valence-corrected chi connectivity index (χ1v) is 11.3. The van der Waals surface area contributed by atoms with Gasteiger partial charge in [-0.3, -0.25) is 14.5 Å². The summed E-state index contributed by atoms with van der Waals surface area (Å²) in [6, 6.07) is 18.2. The molecule has 9 nitrogen and oxygen atoms in total. The van der Waals surface area contributed by atoms with Gasteiger partial charge in [-0.2, -0.15) is 0 Å². The molecule has 0 atom stereocenters. The van der Waals surface area contributed by atoms with Crippen LogP contribution in [0.1, 0.15) is 16.7 Å². The summed E-state index contributed by atoms with van der Waals surface area (Å²) in [4.78, 5) is 45.5. The maximum Gasteiger partial charge on any atom is 0.414 e. The van der Waals surface area contributed by atoms with Crippen LogP contribution in [0.2, 0.25) is 0 Å². The number of benzene rings is 2. The van der Waals surface area contributed by atoms with E-state index in [-0.39, 0.29) is 18.4 Å². The maximum absolute atomic E-state index is 12.7. The molecule has 36 heavy (non-hydrogen) atoms. The molecule has 1 fully saturated rings. The van der Waals surface area contributed by atoms with Crippen LogP contribution < -0.4 is 16.0 Å². The summed E-state index contributed by atoms with van der Waals surface area (Å²) >= 11 is 0. The Labute approximate surface area is 206 Å². The number of carbonyl (C=O) groups is 3. The number of nitrogens with zero attached hydrogens (tertiary/aromatic N) is 2. The highest BCUT2D eigenvalue weighted by atomic mass is 16.6. The number of anilines is 2. The average Bonchev–Trinajstić information content (AvgIpc) is 3.49. The number of hydrogen-bond donors (Lipinski definition) is 3. The monoisotopic (exact) mass is 481 g/mol. The van der Waals surface area contributed by atoms with E-state index in [1.54, 1.807) is 41.6 Å². The Balaban J connectivity index is 1.32. The van der Waals surface area contributed by atoms with Gasteiger partial charge in [0.15, 0.2) is 0 Å². The van der Waals surface area contributed by atoms with Gasteiger partial charge in [0, 0.05) is 28.4 Å². The molecule has 0 unspecified atom stereocenters. The molecule has 4 N–H and O–H groups in total. The summed E-state index contributed by atoms with van der Waals surface area (Å²) in [5.41, 5.74) is 10.1. The van der Waals surface area contributed by atoms with E-state index >= 15 is 0 Å². The third-order valence-electron chi connectivity index (χ3n) is 5.87. The van der Waals surface area contributed by atoms with Gasteiger partial charge in [-0.1, -0.05) is 42.5 Å². The highest BCUT2D eigenvalue weighted by molar-refractivity contribution is 6.24. The summed E-state index contributed by atoms with van der Waals surface area (Å²) in [6.07, 6.45) is 4.81. The van der Waals surface area contributed by atoms with Crippen LogP contribution in [-0.4, -0.2) is 41.0 Å². The minimum Gasteiger partial charge on any atom is -0.447 e. The smallest absolute Gasteiger partial charge is 0.414 e. The second-order valence-corrected chi connectivity index (χ2v) is 8.31. The Morgan fingerprint density at radius 2 is 1.92 bits per heavy atom. The molecule has 1 aliphatic rings. The van der Waals surface area contributed by atoms with Gasteiger partial charge in [0.1, 0.15) is 12.3 Å². The lowest BCUT2D eigenvalue weighted by Gasteiger charge is -2.13. The number of hydrogen-bond acceptors (Lipinski definition) is 5. The van der Waals surface area contributed by atoms with Crippen LogP contribution in [-0.2, 0) is 20.7 Å². The molecule has 0 aliphatic carbocycles. The third kappa shape index (κ3) is 4.80. The van der Waals surface area contributed by atoms with Crippen LogP contribution in [0.25, 0.3) is 22.7 Å². The van der Waals surface area contributed by atoms with Crippen molar-refractivity contribution in [3.05, 3.63) is 89.7 Å². The minimum atomic E-state index is -0.541. The zero-order chi connectivity index (χ0) is 25.1. The van der Waals surface area contributed by atoms with Crippen LogP contribution >= 0.6 is 0 Å². The number of rotatable bonds is 7. The molecule has 4 aromatic rings. The number of aromatic amines is 1. The molecule has 2 aromatic heterocycles. The van der Waals surface area contributed by atoms with Gasteiger partial charge in [0.05, 0.1) is 24.8 Å². The lowest BCUT2D eigenvalue weighted by molar-refractivity contribution is -0.115. The van der Waals surface area contributed by atoms with Crippen molar-refractivity contribution in [1.82, 2.24) is 9.97 Å². The standard InChI is InChI=1S/C27H23N5O4/c28-25(34)22(18-4-2-1-3-5-18)13-19-15-29-26-23(19)14-20(16-30-26)31-24(33)12-17-6-8-21(9-7-17)32-10-11-36-27(32)35/h1-9,13-16H,10-12H2,(H2,28,34)(H,29,30)(H,31,33). The fourth-order valence-electron chi connectivity index (χ4n) is 4.09. The largest absolute Gasteiger partial charge is 0.447 e. The summed E-state index contributed by atoms with van der Waals surface area (Å²) < 4.78 is 4.96. The first-order chi connectivity index (χ1) is 17.5. The number of amides is 3. The number of ether oxygens (including phenoxy) is 1. The van der Waals surface area contributed by atoms with Gasteiger partial charge in [-0.25, -0.2) is 9.78 Å². The summed E-state index contributed by atoms with van der Waals surface area (Å²) in [7, 11) is 0. The van der Waals surface area contributed by atoms with E-state index in [2.05, 4.69) is 15.3 Å². The Kier molecular flexibility index (Phi) is 6.19. The molecule has 3 heterocycles. The molecule has 5 rings (SSSR count). The van der Waals surface area contributed by atoms with Crippen molar-refractivity contribution in [3.63, 3.8) is 0 Å². The number of aromatic nitrogens is 2. The molecule has 0 radical (unpaired) electrons. The van der Waals surface area contributed by atoms with Crippen LogP contribution in [0.3, 0.4) is 0 Å². The van der Waals surface area contributed by atoms with Crippen LogP contribution in [0.4, 0.5) is 16.2 Å². The van der Waals surface area contributed by atoms with Crippen molar-refractivity contribution in [3.8, 4) is 0 Å². The van der Waals surface area contributed by atoms with Crippen LogP contribution in [0.15, 0.2) is 73.1 Å². The van der Waals surface area contributed by atoms with Gasteiger partial charge in [0.2, 0.25) is 11.8 Å². The number of nitrogens with two attached hydrogens (primary N) is 1. The Hall–Kier alpha value is -4.92. The fourth-order valence-corrected chi connectivity index (χ4v) is 4.09. The van der Waals surface area contributed by atoms with Crippen molar-refractivity contribution in [2.45, 2.75) is 6.42 Å². The van der Waals surface area contributed by atoms with E-state index in [0.29, 0.717) is 35.6 Å². The van der Waals surface area contributed by atoms with Crippen molar-refractivity contribution in [2.75, 3.05) is 23.4 Å². The van der Waals surface area contributed by atoms with E-state index in [9.17, 15) is 14.4 Å². The third-order valence-corrected chi connectivity index (χ3v) is 5.87. The van der Waals surface area contributed by atoms with Crippen molar-refractivity contribution in [2.24, 2.45) is 5.73 Å². The van der Waals surface area contributed by atoms with Crippen LogP contribution in [0, 0.1) is 0 Å². The van der Waals surface area contributed by atoms with Gasteiger partial charge < -0.3 is 20.8 Å². The number of cyclic esters (lactones) is 1. The first-order valence-electron chi connectivity index (χ1n) is 11.3. The highest BCUT2D eigenvalue weighted by Gasteiger charge is 2.23. The topological polar surface area (TPSA) is 130 Å². The van der Waals surface area contributed by atoms with Crippen LogP contribution in [0.5, 0.6) is 0 Å². The molecule has 0 spiro atoms. The Bertz CT molecular complexity index is 1480. The first kappa shape index (κ1) is 22.9. The second-order valence-electron chi connectivity index (χ2n) is 8.31. The van der Waals surface area contributed by atoms with E-state index in [1.807, 2.05) is 42.5 Å². The molecular weight excluding hydrogens is 458 g/mol. The zero-order valence-corrected chi connectivity index (χ0v) is 19.2. The molecule has 0 bridgehead atoms. The summed E-state index contributed by atoms with van der Waals surface area (Å²) in [6.45, 7) is 0.882. The van der Waals surface area contributed by atoms with E-state index < -0.39 is 5.91 Å². The zero-order valence-electron chi connectivity index (χ0n) is 19.2. The highest BCUT2D eigenvalue weighted by Crippen LogP contribution is 2.26. The number of nitrogens with one attached hydrogen (secondary N) is 2. The summed E-state index contributed by atoms with van der Waals surface area (Å²) in [5.74, 6) is -0.750. The van der Waals surface area contributed by atoms with Gasteiger partial charge in [-0.15, -0.1) is 0 Å². The van der Waals surface area contributed by atoms with Gasteiger partial charge in [0.25, 0.3) is 0 Å². The van der Waals surface area contributed by atoms with Crippen molar-refractivity contribution < 1.29 is 19.1 Å². The fraction of sp³-hybridized carbons (Fsp3) is 0.111. The molecule has 180 valence electrons. The Morgan fingerprint density at radius 3 is 2.61 bits per heavy atom. The normalized spacial score (nSPS) is 13.6. The van der Waals surface area contributed by atoms with E-state index in [0.717, 1.165) is 22.2 Å². The predicted molar refractivity (Wildman–Crippen MR) is 137 cm³/mol. The van der Waals surface area contributed by atoms with E-state index in [4.69, 9.17) is 10.5 Å². The molecule has 9 heteroatoms. The van der Waals surface area contributed by atoms with Gasteiger partial charge >= 0.3 is 6.09 Å². The predicted octanol–water partition coefficient (Wildman–Crippen LogP) is 3.73. The second kappa shape index (κ2) is 9.75. The van der Waals surface area contributed by atoms with Crippen molar-refractivity contribution in [1.29, 1.82) is 0 Å². The Morgan fingerprint density at radius 1 is 1.14 bits per heavy atom. The lowest BCUT2D eigenvalue weighted by Crippen LogP contribution is -2.23. The lowest BCUT2D eigenvalue weighted by atomic mass is 10.0. The van der Waals surface area contributed by atoms with Crippen molar-refractivity contribution >= 4 is 52.0 Å². The average molecular weight is 482 g/mol. The molecule has 1 saturated heterocycles. The van der Waals surface area contributed by atoms with E-state index in [1.165, 1.54) is 0 Å². The minimum absolute atomic E-state index is 0.155. The SMILES string of the molecule is NC(=O)C(=Cc1c[nH]c2ncc(NC(=O)Cc3ccc(N4CCOC4=O)cc3)cc12)c1ccccc1. The number of fused-ring (bicyclic) bond motifs is 1. The number of H-pyrrole nitrogens is 1. The number of primary amides is 1. The van der Waals surface area contributed by atoms with Gasteiger partial charge in [-0.05, 0) is 35.4 Å².